The summed E-state index contributed by atoms with van der Waals surface area (Å²) in [7, 11) is -2.88. The second kappa shape index (κ2) is 11.4. The van der Waals surface area contributed by atoms with Crippen molar-refractivity contribution in [1.82, 2.24) is 0 Å². The normalized spacial score (nSPS) is 17.4. The molecule has 1 atom stereocenters. The van der Waals surface area contributed by atoms with Gasteiger partial charge in [-0.25, -0.2) is 4.79 Å². The van der Waals surface area contributed by atoms with E-state index in [0.717, 1.165) is 25.1 Å². The highest BCUT2D eigenvalue weighted by Crippen LogP contribution is 2.43. The molecule has 1 aliphatic rings. The van der Waals surface area contributed by atoms with Gasteiger partial charge in [0.15, 0.2) is 5.54 Å². The molecule has 1 heterocycles. The van der Waals surface area contributed by atoms with E-state index in [9.17, 15) is 10.1 Å². The van der Waals surface area contributed by atoms with E-state index in [1.807, 2.05) is 48.5 Å². The molecule has 0 radical (unpaired) electrons. The number of hydrogen-bond acceptors (Lipinski definition) is 5. The lowest BCUT2D eigenvalue weighted by Crippen LogP contribution is -2.67. The van der Waals surface area contributed by atoms with Crippen LogP contribution in [0.3, 0.4) is 0 Å². The highest BCUT2D eigenvalue weighted by Gasteiger charge is 2.52. The van der Waals surface area contributed by atoms with Crippen molar-refractivity contribution in [3.8, 4) is 6.07 Å². The van der Waals surface area contributed by atoms with Gasteiger partial charge in [-0.1, -0.05) is 93.6 Å². The number of carbonyl (C=O) groups is 1. The molecule has 38 heavy (non-hydrogen) atoms. The monoisotopic (exact) mass is 634 g/mol. The molecule has 3 aromatic rings. The van der Waals surface area contributed by atoms with E-state index in [1.165, 1.54) is 0 Å². The lowest BCUT2D eigenvalue weighted by molar-refractivity contribution is 0.0526. The number of rotatable bonds is 8. The molecule has 3 aromatic carbocycles. The van der Waals surface area contributed by atoms with Crippen molar-refractivity contribution in [2.75, 3.05) is 13.2 Å². The van der Waals surface area contributed by atoms with Crippen LogP contribution in [-0.4, -0.2) is 39.3 Å². The first-order valence-corrected chi connectivity index (χ1v) is 15.6. The van der Waals surface area contributed by atoms with Crippen molar-refractivity contribution in [2.45, 2.75) is 38.3 Å². The third kappa shape index (κ3) is 5.13. The maximum absolute atomic E-state index is 12.2. The van der Waals surface area contributed by atoms with E-state index in [4.69, 9.17) is 14.2 Å². The summed E-state index contributed by atoms with van der Waals surface area (Å²) < 4.78 is 13.1. The van der Waals surface area contributed by atoms with E-state index in [0.29, 0.717) is 12.2 Å². The Morgan fingerprint density at radius 3 is 2.00 bits per heavy atom. The quantitative estimate of drug-likeness (QED) is 0.175. The van der Waals surface area contributed by atoms with Crippen LogP contribution in [0, 0.1) is 11.3 Å². The summed E-state index contributed by atoms with van der Waals surface area (Å²) in [4.78, 5) is 16.9. The van der Waals surface area contributed by atoms with Gasteiger partial charge in [-0.3, -0.25) is 4.99 Å². The minimum atomic E-state index is -2.88. The summed E-state index contributed by atoms with van der Waals surface area (Å²) in [6, 6.07) is 30.4. The molecule has 4 rings (SSSR count). The predicted octanol–water partition coefficient (Wildman–Crippen LogP) is 5.93. The summed E-state index contributed by atoms with van der Waals surface area (Å²) in [6.45, 7) is 8.84. The number of hydrogen-bond donors (Lipinski definition) is 0. The smallest absolute Gasteiger partial charge is 0.338 e. The van der Waals surface area contributed by atoms with E-state index in [2.05, 4.69) is 73.7 Å². The van der Waals surface area contributed by atoms with Crippen LogP contribution < -0.4 is 10.4 Å². The molecule has 0 bridgehead atoms. The lowest BCUT2D eigenvalue weighted by Gasteiger charge is -2.44. The first kappa shape index (κ1) is 28.0. The molecule has 0 amide bonds. The minimum Gasteiger partial charge on any atom is -0.462 e. The van der Waals surface area contributed by atoms with Crippen LogP contribution in [-0.2, 0) is 9.16 Å². The summed E-state index contributed by atoms with van der Waals surface area (Å²) >= 11 is 2.22. The Hall–Kier alpha value is -3.06. The number of halogens is 1. The van der Waals surface area contributed by atoms with Crippen LogP contribution in [0.15, 0.2) is 93.5 Å². The summed E-state index contributed by atoms with van der Waals surface area (Å²) in [6.07, 6.45) is 1.74. The fourth-order valence-electron chi connectivity index (χ4n) is 5.06. The highest BCUT2D eigenvalue weighted by atomic mass is 127. The van der Waals surface area contributed by atoms with Crippen LogP contribution in [0.5, 0.6) is 0 Å². The Morgan fingerprint density at radius 1 is 0.974 bits per heavy atom. The number of allylic oxidation sites excluding steroid dienone is 1. The first-order chi connectivity index (χ1) is 18.2. The van der Waals surface area contributed by atoms with E-state index in [1.54, 1.807) is 25.3 Å². The predicted molar refractivity (Wildman–Crippen MR) is 164 cm³/mol. The van der Waals surface area contributed by atoms with Gasteiger partial charge in [0.25, 0.3) is 8.32 Å². The van der Waals surface area contributed by atoms with Crippen molar-refractivity contribution in [1.29, 1.82) is 5.26 Å². The average molecular weight is 635 g/mol. The zero-order chi connectivity index (χ0) is 27.4. The van der Waals surface area contributed by atoms with Gasteiger partial charge in [0, 0.05) is 15.4 Å². The molecule has 5 nitrogen and oxygen atoms in total. The van der Waals surface area contributed by atoms with Gasteiger partial charge in [-0.05, 0) is 62.6 Å². The van der Waals surface area contributed by atoms with Crippen LogP contribution in [0.25, 0.3) is 5.57 Å². The van der Waals surface area contributed by atoms with Gasteiger partial charge in [0.1, 0.15) is 6.07 Å². The number of aliphatic imine (C=N–C) groups is 1. The molecule has 1 aliphatic heterocycles. The molecule has 1 unspecified atom stereocenters. The number of nitrogens with zero attached hydrogens (tertiary/aromatic N) is 2. The molecule has 0 saturated heterocycles. The number of carbonyl (C=O) groups excluding carboxylic acids is 1. The second-order valence-corrected chi connectivity index (χ2v) is 15.7. The van der Waals surface area contributed by atoms with Gasteiger partial charge in [0.2, 0.25) is 0 Å². The zero-order valence-corrected chi connectivity index (χ0v) is 25.2. The Labute approximate surface area is 239 Å². The van der Waals surface area contributed by atoms with Crippen molar-refractivity contribution in [2.24, 2.45) is 4.99 Å². The highest BCUT2D eigenvalue weighted by molar-refractivity contribution is 14.1. The maximum atomic E-state index is 12.2. The lowest BCUT2D eigenvalue weighted by atomic mass is 9.88. The van der Waals surface area contributed by atoms with E-state index >= 15 is 0 Å². The SMILES string of the molecule is CCOC(=O)c1ccc(C2=C(I)C=NC2(C#N)CO[Si](c2ccccc2)(c2ccccc2)C(C)(C)C)cc1. The average Bonchev–Trinajstić information content (AvgIpc) is 3.26. The molecule has 0 aromatic heterocycles. The van der Waals surface area contributed by atoms with Gasteiger partial charge in [0.05, 0.1) is 18.8 Å². The fraction of sp³-hybridized carbons (Fsp3) is 0.258. The van der Waals surface area contributed by atoms with Crippen molar-refractivity contribution < 1.29 is 14.0 Å². The number of benzene rings is 3. The summed E-state index contributed by atoms with van der Waals surface area (Å²) in [5.41, 5.74) is 0.868. The molecule has 0 saturated carbocycles. The zero-order valence-electron chi connectivity index (χ0n) is 22.1. The Kier molecular flexibility index (Phi) is 8.36. The summed E-state index contributed by atoms with van der Waals surface area (Å²) in [5.74, 6) is -0.369. The van der Waals surface area contributed by atoms with E-state index in [-0.39, 0.29) is 17.6 Å². The standard InChI is InChI=1S/C31H31IN2O3Si/c1-5-36-29(35)24-18-16-23(17-19-24)28-27(32)20-34-31(28,21-33)22-37-38(30(2,3)4,25-12-8-6-9-13-25)26-14-10-7-11-15-26/h6-20H,5,22H2,1-4H3. The maximum Gasteiger partial charge on any atom is 0.338 e. The number of ether oxygens (including phenoxy) is 1. The summed E-state index contributed by atoms with van der Waals surface area (Å²) in [5, 5.41) is 12.6. The Morgan fingerprint density at radius 2 is 1.53 bits per heavy atom. The Bertz CT molecular complexity index is 1350. The molecule has 0 fully saturated rings. The molecule has 7 heteroatoms. The number of nitriles is 1. The van der Waals surface area contributed by atoms with Crippen LogP contribution in [0.2, 0.25) is 5.04 Å². The third-order valence-electron chi connectivity index (χ3n) is 6.83. The second-order valence-electron chi connectivity index (χ2n) is 10.2. The molecule has 0 N–H and O–H groups in total. The molecular formula is C31H31IN2O3Si. The fourth-order valence-corrected chi connectivity index (χ4v) is 10.5. The van der Waals surface area contributed by atoms with Crippen LogP contribution in [0.1, 0.15) is 43.6 Å². The minimum absolute atomic E-state index is 0.106. The largest absolute Gasteiger partial charge is 0.462 e. The number of esters is 1. The van der Waals surface area contributed by atoms with E-state index < -0.39 is 13.9 Å². The van der Waals surface area contributed by atoms with Crippen molar-refractivity contribution in [3.63, 3.8) is 0 Å². The van der Waals surface area contributed by atoms with Gasteiger partial charge >= 0.3 is 5.97 Å². The Balaban J connectivity index is 1.77. The molecule has 0 spiro atoms. The van der Waals surface area contributed by atoms with Gasteiger partial charge in [-0.2, -0.15) is 5.26 Å². The van der Waals surface area contributed by atoms with Crippen molar-refractivity contribution >= 4 is 59.0 Å². The first-order valence-electron chi connectivity index (χ1n) is 12.6. The van der Waals surface area contributed by atoms with Crippen LogP contribution in [0.4, 0.5) is 0 Å². The molecule has 194 valence electrons. The molecule has 0 aliphatic carbocycles. The van der Waals surface area contributed by atoms with Gasteiger partial charge in [-0.15, -0.1) is 0 Å². The van der Waals surface area contributed by atoms with Gasteiger partial charge < -0.3 is 9.16 Å². The topological polar surface area (TPSA) is 71.7 Å². The van der Waals surface area contributed by atoms with Crippen LogP contribution >= 0.6 is 22.6 Å². The van der Waals surface area contributed by atoms with Crippen molar-refractivity contribution in [3.05, 3.63) is 99.6 Å². The third-order valence-corrected chi connectivity index (χ3v) is 12.6. The molecular weight excluding hydrogens is 603 g/mol.